The zero-order valence-electron chi connectivity index (χ0n) is 38.5. The summed E-state index contributed by atoms with van der Waals surface area (Å²) in [6.45, 7) is 5.31. The molecule has 2 saturated carbocycles. The molecule has 336 valence electrons. The van der Waals surface area contributed by atoms with Gasteiger partial charge in [0.25, 0.3) is 0 Å². The Bertz CT molecular complexity index is 2240. The van der Waals surface area contributed by atoms with Crippen molar-refractivity contribution in [2.24, 2.45) is 22.5 Å². The number of Topliss-reactive ketones (excluding diaryl/α,β-unsaturated/α-hetero) is 1. The number of aliphatic hydroxyl groups is 3. The van der Waals surface area contributed by atoms with Crippen molar-refractivity contribution in [1.82, 2.24) is 5.32 Å². The summed E-state index contributed by atoms with van der Waals surface area (Å²) in [5.41, 5.74) is -4.45. The van der Waals surface area contributed by atoms with E-state index in [-0.39, 0.29) is 35.3 Å². The molecule has 3 fully saturated rings. The quantitative estimate of drug-likeness (QED) is 0.131. The molecule has 6 N–H and O–H groups in total. The molecule has 3 aliphatic carbocycles. The number of carbonyl (C=O) groups excluding carboxylic acids is 6. The van der Waals surface area contributed by atoms with Crippen LogP contribution >= 0.6 is 0 Å². The number of hydrogen-bond acceptors (Lipinski definition) is 16. The number of ketones is 1. The van der Waals surface area contributed by atoms with Crippen LogP contribution in [0.3, 0.4) is 0 Å². The maximum absolute atomic E-state index is 15.1. The molecule has 6 rings (SSSR count). The summed E-state index contributed by atoms with van der Waals surface area (Å²) in [6, 6.07) is 13.7. The van der Waals surface area contributed by atoms with Crippen LogP contribution in [0.1, 0.15) is 94.2 Å². The van der Waals surface area contributed by atoms with Gasteiger partial charge in [0, 0.05) is 29.3 Å². The molecule has 0 aromatic heterocycles. The minimum atomic E-state index is -2.79. The Morgan fingerprint density at radius 1 is 1.02 bits per heavy atom. The van der Waals surface area contributed by atoms with E-state index in [1.807, 2.05) is 0 Å². The molecule has 2 aromatic rings. The van der Waals surface area contributed by atoms with E-state index in [1.54, 1.807) is 36.4 Å². The second-order valence-corrected chi connectivity index (χ2v) is 17.6. The number of nitrogens with two attached hydrogens (primary N) is 1. The third-order valence-electron chi connectivity index (χ3n) is 12.9. The number of benzene rings is 2. The molecule has 4 aliphatic rings. The van der Waals surface area contributed by atoms with Crippen LogP contribution in [-0.4, -0.2) is 118 Å². The number of amides is 1. The summed E-state index contributed by atoms with van der Waals surface area (Å²) in [7, 11) is 0. The van der Waals surface area contributed by atoms with Gasteiger partial charge >= 0.3 is 30.0 Å². The van der Waals surface area contributed by atoms with Crippen LogP contribution in [0.15, 0.2) is 71.8 Å². The van der Waals surface area contributed by atoms with Crippen LogP contribution in [0, 0.1) is 16.7 Å². The number of aliphatic hydroxyl groups excluding tert-OH is 2. The van der Waals surface area contributed by atoms with Gasteiger partial charge in [0.05, 0.1) is 36.2 Å². The Hall–Kier alpha value is -5.20. The molecule has 1 aliphatic heterocycles. The van der Waals surface area contributed by atoms with Crippen LogP contribution in [0.5, 0.6) is 0 Å². The van der Waals surface area contributed by atoms with Gasteiger partial charge in [-0.2, -0.15) is 0 Å². The standard InChI is InChI=1S/C45H56N2O15/c1-23-27(58-39(54)34(59-30(50)21-46)32(25-15-11-9-12-16-25)47-40(55)62-41(3,4)5)20-45(56)37(60-38(53)26-17-13-10-14-18-26)35-43(8,36(52)33(51)31(23)42(45,6)7)28(49)19-29-44(35,22-57-29)61-24(2)48/h9-18,27-29,32-35,37,49,51,56H,19-22,46H2,1-8H3,(H,47,55)/t27-,28-,29+,32-,33+,34+,35-,37-,43+,44-,45+/m0/s1/i3D3. The molecule has 17 nitrogen and oxygen atoms in total. The second-order valence-electron chi connectivity index (χ2n) is 17.6. The van der Waals surface area contributed by atoms with Crippen LogP contribution in [0.2, 0.25) is 0 Å². The lowest BCUT2D eigenvalue weighted by molar-refractivity contribution is -0.346. The lowest BCUT2D eigenvalue weighted by atomic mass is 9.44. The highest BCUT2D eigenvalue weighted by Gasteiger charge is 2.78. The van der Waals surface area contributed by atoms with Crippen molar-refractivity contribution in [3.8, 4) is 0 Å². The summed E-state index contributed by atoms with van der Waals surface area (Å²) in [6.07, 6.45) is -12.6. The smallest absolute Gasteiger partial charge is 0.408 e. The Morgan fingerprint density at radius 3 is 2.21 bits per heavy atom. The molecule has 0 radical (unpaired) electrons. The molecule has 2 bridgehead atoms. The summed E-state index contributed by atoms with van der Waals surface area (Å²) < 4.78 is 58.6. The zero-order chi connectivity index (χ0) is 48.2. The average molecular weight is 868 g/mol. The predicted octanol–water partition coefficient (Wildman–Crippen LogP) is 2.77. The molecule has 0 unspecified atom stereocenters. The van der Waals surface area contributed by atoms with Crippen LogP contribution in [-0.2, 0) is 47.6 Å². The van der Waals surface area contributed by atoms with Crippen molar-refractivity contribution in [2.45, 2.75) is 128 Å². The van der Waals surface area contributed by atoms with Gasteiger partial charge in [0.2, 0.25) is 6.10 Å². The molecular formula is C45H56N2O15. The number of alkyl carbamates (subject to hydrolysis) is 1. The molecule has 11 atom stereocenters. The van der Waals surface area contributed by atoms with Crippen molar-refractivity contribution in [2.75, 3.05) is 13.2 Å². The normalized spacial score (nSPS) is 33.1. The topological polar surface area (TPSA) is 257 Å². The lowest BCUT2D eigenvalue weighted by Crippen LogP contribution is -2.81. The molecule has 17 heteroatoms. The number of rotatable bonds is 10. The van der Waals surface area contributed by atoms with Gasteiger partial charge in [-0.1, -0.05) is 62.4 Å². The third-order valence-corrected chi connectivity index (χ3v) is 12.9. The molecule has 62 heavy (non-hydrogen) atoms. The Kier molecular flexibility index (Phi) is 11.4. The summed E-state index contributed by atoms with van der Waals surface area (Å²) >= 11 is 0. The van der Waals surface area contributed by atoms with E-state index in [1.165, 1.54) is 52.0 Å². The highest BCUT2D eigenvalue weighted by molar-refractivity contribution is 5.94. The Morgan fingerprint density at radius 2 is 1.65 bits per heavy atom. The summed E-state index contributed by atoms with van der Waals surface area (Å²) in [5.74, 6) is -6.86. The first kappa shape index (κ1) is 42.1. The van der Waals surface area contributed by atoms with Gasteiger partial charge in [0.15, 0.2) is 11.4 Å². The molecule has 2 aromatic carbocycles. The van der Waals surface area contributed by atoms with Gasteiger partial charge in [0.1, 0.15) is 41.7 Å². The van der Waals surface area contributed by atoms with Crippen molar-refractivity contribution in [1.29, 1.82) is 0 Å². The second kappa shape index (κ2) is 16.8. The number of hydrogen-bond donors (Lipinski definition) is 5. The van der Waals surface area contributed by atoms with E-state index in [0.717, 1.165) is 20.8 Å². The first-order valence-electron chi connectivity index (χ1n) is 21.7. The van der Waals surface area contributed by atoms with E-state index in [0.29, 0.717) is 0 Å². The summed E-state index contributed by atoms with van der Waals surface area (Å²) in [5, 5.41) is 40.2. The fraction of sp³-hybridized carbons (Fsp3) is 0.556. The number of carbonyl (C=O) groups is 6. The Balaban J connectivity index is 1.51. The molecule has 1 saturated heterocycles. The number of nitrogens with one attached hydrogen (secondary N) is 1. The fourth-order valence-corrected chi connectivity index (χ4v) is 9.81. The first-order valence-corrected chi connectivity index (χ1v) is 20.2. The van der Waals surface area contributed by atoms with Crippen molar-refractivity contribution in [3.05, 3.63) is 82.9 Å². The van der Waals surface area contributed by atoms with Gasteiger partial charge in [-0.05, 0) is 63.4 Å². The van der Waals surface area contributed by atoms with E-state index >= 15 is 4.79 Å². The van der Waals surface area contributed by atoms with E-state index in [2.05, 4.69) is 5.32 Å². The van der Waals surface area contributed by atoms with Crippen molar-refractivity contribution in [3.63, 3.8) is 0 Å². The third kappa shape index (κ3) is 8.00. The minimum absolute atomic E-state index is 0.0267. The maximum Gasteiger partial charge on any atom is 0.408 e. The highest BCUT2D eigenvalue weighted by atomic mass is 16.6. The first-order chi connectivity index (χ1) is 30.2. The highest BCUT2D eigenvalue weighted by Crippen LogP contribution is 2.64. The van der Waals surface area contributed by atoms with Crippen LogP contribution in [0.4, 0.5) is 4.79 Å². The largest absolute Gasteiger partial charge is 0.455 e. The monoisotopic (exact) mass is 867 g/mol. The number of ether oxygens (including phenoxy) is 6. The van der Waals surface area contributed by atoms with Gasteiger partial charge < -0.3 is 54.8 Å². The van der Waals surface area contributed by atoms with Crippen LogP contribution < -0.4 is 11.1 Å². The minimum Gasteiger partial charge on any atom is -0.455 e. The van der Waals surface area contributed by atoms with E-state index < -0.39 is 132 Å². The lowest BCUT2D eigenvalue weighted by Gasteiger charge is -2.67. The Labute approximate surface area is 363 Å². The van der Waals surface area contributed by atoms with Crippen molar-refractivity contribution >= 4 is 35.8 Å². The number of esters is 4. The fourth-order valence-electron chi connectivity index (χ4n) is 9.81. The van der Waals surface area contributed by atoms with Crippen LogP contribution in [0.25, 0.3) is 0 Å². The van der Waals surface area contributed by atoms with E-state index in [4.69, 9.17) is 38.3 Å². The van der Waals surface area contributed by atoms with Crippen molar-refractivity contribution < 1.29 is 76.6 Å². The molecular weight excluding hydrogens is 808 g/mol. The number of fused-ring (bicyclic) bond motifs is 5. The van der Waals surface area contributed by atoms with E-state index in [9.17, 15) is 39.3 Å². The molecule has 0 spiro atoms. The molecule has 1 amide bonds. The van der Waals surface area contributed by atoms with Gasteiger partial charge in [-0.15, -0.1) is 0 Å². The summed E-state index contributed by atoms with van der Waals surface area (Å²) in [4.78, 5) is 83.4. The average Bonchev–Trinajstić information content (AvgIpc) is 3.23. The zero-order valence-corrected chi connectivity index (χ0v) is 35.5. The maximum atomic E-state index is 15.1. The van der Waals surface area contributed by atoms with Gasteiger partial charge in [-0.3, -0.25) is 14.4 Å². The predicted molar refractivity (Wildman–Crippen MR) is 217 cm³/mol. The SMILES string of the molecule is [2H]C([2H])([2H])C(C)(C)OC(=O)N[C@@H](c1ccccc1)[C@@H](OC(=O)CN)C(=O)O[C@H]1C[C@@]2(O)[C@@H](OC(=O)c3ccccc3)[C@@H]3[C@]4(OC(C)=O)CO[C@@H]4C[C@H](O)[C@@]3(C)C(=O)[C@H](O)C(=C1C)C2(C)C. The van der Waals surface area contributed by atoms with Gasteiger partial charge in [-0.25, -0.2) is 14.4 Å². The molecule has 1 heterocycles.